The molecule has 0 amide bonds. The van der Waals surface area contributed by atoms with Crippen LogP contribution in [0.3, 0.4) is 0 Å². The van der Waals surface area contributed by atoms with Crippen molar-refractivity contribution in [1.29, 1.82) is 0 Å². The molecule has 96 valence electrons. The monoisotopic (exact) mass is 258 g/mol. The van der Waals surface area contributed by atoms with Crippen molar-refractivity contribution >= 4 is 11.6 Å². The Balaban J connectivity index is 2.67. The molecule has 0 aliphatic heterocycles. The molecule has 1 N–H and O–H groups in total. The molecule has 17 heavy (non-hydrogen) atoms. The van der Waals surface area contributed by atoms with Crippen LogP contribution in [-0.2, 0) is 6.54 Å². The Hall–Kier alpha value is -0.640. The lowest BCUT2D eigenvalue weighted by Gasteiger charge is -2.22. The summed E-state index contributed by atoms with van der Waals surface area (Å²) in [6, 6.07) is 4.53. The maximum Gasteiger partial charge on any atom is 0.123 e. The topological polar surface area (TPSA) is 15.3 Å². The summed E-state index contributed by atoms with van der Waals surface area (Å²) in [6.45, 7) is 5.70. The van der Waals surface area contributed by atoms with Crippen molar-refractivity contribution in [2.45, 2.75) is 19.9 Å². The molecular weight excluding hydrogens is 239 g/mol. The Kier molecular flexibility index (Phi) is 6.48. The van der Waals surface area contributed by atoms with Crippen LogP contribution in [-0.4, -0.2) is 31.6 Å². The molecule has 1 aromatic rings. The highest BCUT2D eigenvalue weighted by atomic mass is 35.5. The molecule has 0 spiro atoms. The van der Waals surface area contributed by atoms with E-state index >= 15 is 0 Å². The standard InChI is InChI=1S/C13H20ClFN2/c1-3-7-17(8-6-16-2)10-11-9-12(15)4-5-13(11)14/h4-5,9,16H,3,6-8,10H2,1-2H3. The van der Waals surface area contributed by atoms with Crippen molar-refractivity contribution in [3.05, 3.63) is 34.6 Å². The number of likely N-dealkylation sites (N-methyl/N-ethyl adjacent to an activating group) is 1. The first-order valence-electron chi connectivity index (χ1n) is 5.98. The van der Waals surface area contributed by atoms with Gasteiger partial charge in [-0.15, -0.1) is 0 Å². The van der Waals surface area contributed by atoms with E-state index in [1.807, 2.05) is 7.05 Å². The Morgan fingerprint density at radius 1 is 1.35 bits per heavy atom. The van der Waals surface area contributed by atoms with Crippen LogP contribution in [0, 0.1) is 5.82 Å². The van der Waals surface area contributed by atoms with Crippen LogP contribution in [0.25, 0.3) is 0 Å². The van der Waals surface area contributed by atoms with Crippen LogP contribution in [0.4, 0.5) is 4.39 Å². The highest BCUT2D eigenvalue weighted by Crippen LogP contribution is 2.18. The molecule has 1 aromatic carbocycles. The Morgan fingerprint density at radius 2 is 2.12 bits per heavy atom. The number of nitrogens with zero attached hydrogens (tertiary/aromatic N) is 1. The van der Waals surface area contributed by atoms with E-state index in [2.05, 4.69) is 17.1 Å². The largest absolute Gasteiger partial charge is 0.318 e. The number of halogens is 2. The van der Waals surface area contributed by atoms with Gasteiger partial charge in [0.2, 0.25) is 0 Å². The van der Waals surface area contributed by atoms with Crippen LogP contribution in [0.2, 0.25) is 5.02 Å². The van der Waals surface area contributed by atoms with E-state index in [1.165, 1.54) is 12.1 Å². The van der Waals surface area contributed by atoms with Gasteiger partial charge in [-0.25, -0.2) is 4.39 Å². The number of hydrogen-bond donors (Lipinski definition) is 1. The second-order valence-corrected chi connectivity index (χ2v) is 4.52. The summed E-state index contributed by atoms with van der Waals surface area (Å²) in [7, 11) is 1.93. The predicted molar refractivity (Wildman–Crippen MR) is 70.9 cm³/mol. The maximum absolute atomic E-state index is 13.1. The van der Waals surface area contributed by atoms with Gasteiger partial charge in [0.1, 0.15) is 5.82 Å². The minimum absolute atomic E-state index is 0.227. The molecule has 2 nitrogen and oxygen atoms in total. The first kappa shape index (κ1) is 14.4. The summed E-state index contributed by atoms with van der Waals surface area (Å²) in [5, 5.41) is 3.76. The molecule has 0 aliphatic carbocycles. The summed E-state index contributed by atoms with van der Waals surface area (Å²) in [5.41, 5.74) is 0.858. The lowest BCUT2D eigenvalue weighted by molar-refractivity contribution is 0.267. The quantitative estimate of drug-likeness (QED) is 0.809. The highest BCUT2D eigenvalue weighted by Gasteiger charge is 2.08. The molecule has 0 radical (unpaired) electrons. The van der Waals surface area contributed by atoms with Crippen LogP contribution < -0.4 is 5.32 Å². The van der Waals surface area contributed by atoms with Gasteiger partial charge in [0, 0.05) is 24.7 Å². The van der Waals surface area contributed by atoms with Gasteiger partial charge in [0.25, 0.3) is 0 Å². The number of benzene rings is 1. The third-order valence-corrected chi connectivity index (χ3v) is 2.99. The average molecular weight is 259 g/mol. The first-order valence-corrected chi connectivity index (χ1v) is 6.36. The second kappa shape index (κ2) is 7.64. The van der Waals surface area contributed by atoms with Gasteiger partial charge in [0.15, 0.2) is 0 Å². The fourth-order valence-electron chi connectivity index (χ4n) is 1.76. The van der Waals surface area contributed by atoms with Crippen molar-refractivity contribution in [1.82, 2.24) is 10.2 Å². The zero-order valence-corrected chi connectivity index (χ0v) is 11.2. The smallest absolute Gasteiger partial charge is 0.123 e. The Morgan fingerprint density at radius 3 is 2.76 bits per heavy atom. The molecule has 0 saturated heterocycles. The van der Waals surface area contributed by atoms with Gasteiger partial charge in [-0.1, -0.05) is 18.5 Å². The van der Waals surface area contributed by atoms with Crippen LogP contribution in [0.15, 0.2) is 18.2 Å². The lowest BCUT2D eigenvalue weighted by atomic mass is 10.2. The van der Waals surface area contributed by atoms with Gasteiger partial charge in [0.05, 0.1) is 0 Å². The molecule has 0 saturated carbocycles. The summed E-state index contributed by atoms with van der Waals surface area (Å²) >= 11 is 6.07. The molecule has 0 bridgehead atoms. The molecule has 0 heterocycles. The zero-order valence-electron chi connectivity index (χ0n) is 10.5. The van der Waals surface area contributed by atoms with Crippen molar-refractivity contribution in [2.75, 3.05) is 26.7 Å². The third kappa shape index (κ3) is 5.02. The van der Waals surface area contributed by atoms with Crippen LogP contribution >= 0.6 is 11.6 Å². The third-order valence-electron chi connectivity index (χ3n) is 2.62. The van der Waals surface area contributed by atoms with E-state index in [9.17, 15) is 4.39 Å². The molecule has 0 atom stereocenters. The number of hydrogen-bond acceptors (Lipinski definition) is 2. The minimum Gasteiger partial charge on any atom is -0.318 e. The van der Waals surface area contributed by atoms with E-state index < -0.39 is 0 Å². The number of rotatable bonds is 7. The Labute approximate surface area is 108 Å². The summed E-state index contributed by atoms with van der Waals surface area (Å²) in [4.78, 5) is 2.27. The molecule has 0 aliphatic rings. The predicted octanol–water partition coefficient (Wildman–Crippen LogP) is 2.91. The van der Waals surface area contributed by atoms with E-state index in [-0.39, 0.29) is 5.82 Å². The zero-order chi connectivity index (χ0) is 12.7. The summed E-state index contributed by atoms with van der Waals surface area (Å²) < 4.78 is 13.1. The maximum atomic E-state index is 13.1. The van der Waals surface area contributed by atoms with Crippen LogP contribution in [0.5, 0.6) is 0 Å². The average Bonchev–Trinajstić information content (AvgIpc) is 2.31. The van der Waals surface area contributed by atoms with E-state index in [4.69, 9.17) is 11.6 Å². The fourth-order valence-corrected chi connectivity index (χ4v) is 1.94. The second-order valence-electron chi connectivity index (χ2n) is 4.12. The van der Waals surface area contributed by atoms with E-state index in [1.54, 1.807) is 6.07 Å². The molecule has 4 heteroatoms. The van der Waals surface area contributed by atoms with E-state index in [0.717, 1.165) is 31.6 Å². The van der Waals surface area contributed by atoms with Gasteiger partial charge in [-0.05, 0) is 43.8 Å². The normalized spacial score (nSPS) is 11.1. The van der Waals surface area contributed by atoms with Gasteiger partial charge in [-0.2, -0.15) is 0 Å². The molecule has 0 unspecified atom stereocenters. The molecular formula is C13H20ClFN2. The minimum atomic E-state index is -0.227. The Bertz CT molecular complexity index is 344. The lowest BCUT2D eigenvalue weighted by Crippen LogP contribution is -2.31. The highest BCUT2D eigenvalue weighted by molar-refractivity contribution is 6.31. The first-order chi connectivity index (χ1) is 8.17. The molecule has 1 rings (SSSR count). The van der Waals surface area contributed by atoms with Crippen LogP contribution in [0.1, 0.15) is 18.9 Å². The van der Waals surface area contributed by atoms with Crippen molar-refractivity contribution in [2.24, 2.45) is 0 Å². The molecule has 0 aromatic heterocycles. The molecule has 0 fully saturated rings. The summed E-state index contributed by atoms with van der Waals surface area (Å²) in [6.07, 6.45) is 1.08. The van der Waals surface area contributed by atoms with Gasteiger partial charge >= 0.3 is 0 Å². The fraction of sp³-hybridized carbons (Fsp3) is 0.538. The SMILES string of the molecule is CCCN(CCNC)Cc1cc(F)ccc1Cl. The number of nitrogens with one attached hydrogen (secondary N) is 1. The van der Waals surface area contributed by atoms with Gasteiger partial charge < -0.3 is 5.32 Å². The van der Waals surface area contributed by atoms with E-state index in [0.29, 0.717) is 11.6 Å². The van der Waals surface area contributed by atoms with Crippen molar-refractivity contribution in [3.8, 4) is 0 Å². The van der Waals surface area contributed by atoms with Gasteiger partial charge in [-0.3, -0.25) is 4.90 Å². The van der Waals surface area contributed by atoms with Crippen molar-refractivity contribution in [3.63, 3.8) is 0 Å². The van der Waals surface area contributed by atoms with Crippen molar-refractivity contribution < 1.29 is 4.39 Å². The summed E-state index contributed by atoms with van der Waals surface area (Å²) in [5.74, 6) is -0.227.